The first-order chi connectivity index (χ1) is 10.1. The Morgan fingerprint density at radius 3 is 2.76 bits per heavy atom. The maximum absolute atomic E-state index is 4.65. The Balaban J connectivity index is 2.06. The van der Waals surface area contributed by atoms with Crippen LogP contribution in [-0.2, 0) is 0 Å². The molecule has 2 atom stereocenters. The van der Waals surface area contributed by atoms with Crippen LogP contribution in [0, 0.1) is 11.3 Å². The Kier molecular flexibility index (Phi) is 3.99. The second-order valence-corrected chi connectivity index (χ2v) is 7.03. The molecule has 0 radical (unpaired) electrons. The lowest BCUT2D eigenvalue weighted by Gasteiger charge is -2.43. The van der Waals surface area contributed by atoms with Gasteiger partial charge in [0.15, 0.2) is 0 Å². The minimum atomic E-state index is 0.388. The van der Waals surface area contributed by atoms with Crippen LogP contribution in [-0.4, -0.2) is 12.0 Å². The first kappa shape index (κ1) is 14.5. The highest BCUT2D eigenvalue weighted by Gasteiger charge is 2.38. The third kappa shape index (κ3) is 2.69. The van der Waals surface area contributed by atoms with Crippen molar-refractivity contribution in [1.82, 2.24) is 10.3 Å². The van der Waals surface area contributed by atoms with E-state index in [1.54, 1.807) is 0 Å². The van der Waals surface area contributed by atoms with Gasteiger partial charge in [-0.05, 0) is 42.9 Å². The summed E-state index contributed by atoms with van der Waals surface area (Å²) in [6.07, 6.45) is 7.26. The van der Waals surface area contributed by atoms with E-state index in [0.29, 0.717) is 17.4 Å². The molecule has 0 spiro atoms. The Morgan fingerprint density at radius 1 is 1.19 bits per heavy atom. The van der Waals surface area contributed by atoms with Crippen LogP contribution < -0.4 is 5.32 Å². The van der Waals surface area contributed by atoms with Crippen molar-refractivity contribution in [3.63, 3.8) is 0 Å². The molecule has 0 aliphatic heterocycles. The lowest BCUT2D eigenvalue weighted by Crippen LogP contribution is -2.38. The summed E-state index contributed by atoms with van der Waals surface area (Å²) in [6.45, 7) is 4.86. The van der Waals surface area contributed by atoms with Gasteiger partial charge in [-0.2, -0.15) is 0 Å². The van der Waals surface area contributed by atoms with Crippen molar-refractivity contribution in [3.05, 3.63) is 42.1 Å². The molecule has 0 amide bonds. The number of benzene rings is 1. The molecule has 1 aliphatic carbocycles. The van der Waals surface area contributed by atoms with Crippen LogP contribution in [0.2, 0.25) is 0 Å². The zero-order valence-corrected chi connectivity index (χ0v) is 13.4. The van der Waals surface area contributed by atoms with Crippen LogP contribution in [0.3, 0.4) is 0 Å². The van der Waals surface area contributed by atoms with E-state index in [0.717, 1.165) is 5.52 Å². The molecule has 2 heteroatoms. The molecule has 112 valence electrons. The molecule has 0 bridgehead atoms. The Labute approximate surface area is 128 Å². The molecule has 2 aromatic rings. The van der Waals surface area contributed by atoms with Gasteiger partial charge in [0.1, 0.15) is 0 Å². The van der Waals surface area contributed by atoms with Gasteiger partial charge in [-0.3, -0.25) is 4.98 Å². The molecule has 1 aromatic carbocycles. The second kappa shape index (κ2) is 5.76. The third-order valence-electron chi connectivity index (χ3n) is 5.30. The van der Waals surface area contributed by atoms with Gasteiger partial charge in [-0.15, -0.1) is 0 Å². The Hall–Kier alpha value is -1.41. The summed E-state index contributed by atoms with van der Waals surface area (Å²) in [7, 11) is 2.09. The molecular formula is C19H26N2. The maximum atomic E-state index is 4.65. The predicted molar refractivity (Wildman–Crippen MR) is 89.3 cm³/mol. The molecule has 0 saturated heterocycles. The van der Waals surface area contributed by atoms with Gasteiger partial charge in [0.25, 0.3) is 0 Å². The van der Waals surface area contributed by atoms with E-state index >= 15 is 0 Å². The van der Waals surface area contributed by atoms with Gasteiger partial charge < -0.3 is 5.32 Å². The first-order valence-electron chi connectivity index (χ1n) is 8.14. The van der Waals surface area contributed by atoms with Crippen molar-refractivity contribution < 1.29 is 0 Å². The van der Waals surface area contributed by atoms with Crippen molar-refractivity contribution in [3.8, 4) is 0 Å². The third-order valence-corrected chi connectivity index (χ3v) is 5.30. The van der Waals surface area contributed by atoms with Crippen molar-refractivity contribution in [1.29, 1.82) is 0 Å². The largest absolute Gasteiger partial charge is 0.313 e. The first-order valence-corrected chi connectivity index (χ1v) is 8.14. The number of fused-ring (bicyclic) bond motifs is 1. The average Bonchev–Trinajstić information content (AvgIpc) is 2.49. The zero-order valence-electron chi connectivity index (χ0n) is 13.4. The average molecular weight is 282 g/mol. The van der Waals surface area contributed by atoms with Crippen LogP contribution in [0.1, 0.15) is 51.1 Å². The second-order valence-electron chi connectivity index (χ2n) is 7.03. The van der Waals surface area contributed by atoms with Crippen LogP contribution in [0.25, 0.3) is 10.9 Å². The highest BCUT2D eigenvalue weighted by atomic mass is 14.9. The quantitative estimate of drug-likeness (QED) is 0.881. The van der Waals surface area contributed by atoms with Gasteiger partial charge in [0, 0.05) is 17.6 Å². The number of pyridine rings is 1. The summed E-state index contributed by atoms with van der Waals surface area (Å²) in [5, 5.41) is 4.84. The number of aromatic nitrogens is 1. The van der Waals surface area contributed by atoms with Crippen LogP contribution in [0.15, 0.2) is 36.5 Å². The Morgan fingerprint density at radius 2 is 2.00 bits per heavy atom. The molecule has 1 N–H and O–H groups in total. The summed E-state index contributed by atoms with van der Waals surface area (Å²) < 4.78 is 0. The number of para-hydroxylation sites is 1. The zero-order chi connectivity index (χ0) is 14.9. The highest BCUT2D eigenvalue weighted by molar-refractivity contribution is 5.82. The van der Waals surface area contributed by atoms with Crippen molar-refractivity contribution in [2.45, 2.75) is 45.6 Å². The van der Waals surface area contributed by atoms with Gasteiger partial charge in [-0.1, -0.05) is 51.0 Å². The number of nitrogens with one attached hydrogen (secondary N) is 1. The fourth-order valence-corrected chi connectivity index (χ4v) is 4.09. The van der Waals surface area contributed by atoms with Crippen molar-refractivity contribution >= 4 is 10.9 Å². The number of hydrogen-bond acceptors (Lipinski definition) is 2. The Bertz CT molecular complexity index is 612. The van der Waals surface area contributed by atoms with E-state index < -0.39 is 0 Å². The van der Waals surface area contributed by atoms with Crippen LogP contribution in [0.5, 0.6) is 0 Å². The van der Waals surface area contributed by atoms with E-state index in [-0.39, 0.29) is 0 Å². The van der Waals surface area contributed by atoms with Crippen molar-refractivity contribution in [2.24, 2.45) is 11.3 Å². The SMILES string of the molecule is CNC(c1cccc2cccnc12)C1CCCCC1(C)C. The molecule has 1 aliphatic rings. The molecule has 1 aromatic heterocycles. The van der Waals surface area contributed by atoms with E-state index in [2.05, 4.69) is 55.5 Å². The fraction of sp³-hybridized carbons (Fsp3) is 0.526. The lowest BCUT2D eigenvalue weighted by molar-refractivity contribution is 0.102. The molecule has 2 nitrogen and oxygen atoms in total. The van der Waals surface area contributed by atoms with Crippen molar-refractivity contribution in [2.75, 3.05) is 7.05 Å². The van der Waals surface area contributed by atoms with E-state index in [1.165, 1.54) is 36.6 Å². The predicted octanol–water partition coefficient (Wildman–Crippen LogP) is 4.71. The summed E-state index contributed by atoms with van der Waals surface area (Å²) in [6, 6.07) is 11.1. The van der Waals surface area contributed by atoms with Gasteiger partial charge in [-0.25, -0.2) is 0 Å². The highest BCUT2D eigenvalue weighted by Crippen LogP contribution is 2.47. The molecule has 3 rings (SSSR count). The summed E-state index contributed by atoms with van der Waals surface area (Å²) in [4.78, 5) is 4.65. The summed E-state index contributed by atoms with van der Waals surface area (Å²) in [5.74, 6) is 0.670. The molecule has 2 unspecified atom stereocenters. The summed E-state index contributed by atoms with van der Waals surface area (Å²) in [5.41, 5.74) is 2.90. The van der Waals surface area contributed by atoms with E-state index in [1.807, 2.05) is 12.3 Å². The topological polar surface area (TPSA) is 24.9 Å². The minimum absolute atomic E-state index is 0.388. The van der Waals surface area contributed by atoms with E-state index in [4.69, 9.17) is 0 Å². The smallest absolute Gasteiger partial charge is 0.0749 e. The standard InChI is InChI=1S/C19H26N2/c1-19(2)12-5-4-11-16(19)18(20-3)15-10-6-8-14-9-7-13-21-17(14)15/h6-10,13,16,18,20H,4-5,11-12H2,1-3H3. The molecule has 1 heterocycles. The molecule has 1 fully saturated rings. The lowest BCUT2D eigenvalue weighted by atomic mass is 9.64. The number of hydrogen-bond donors (Lipinski definition) is 1. The van der Waals surface area contributed by atoms with Gasteiger partial charge in [0.2, 0.25) is 0 Å². The normalized spacial score (nSPS) is 23.1. The fourth-order valence-electron chi connectivity index (χ4n) is 4.09. The van der Waals surface area contributed by atoms with Crippen LogP contribution in [0.4, 0.5) is 0 Å². The van der Waals surface area contributed by atoms with Gasteiger partial charge >= 0.3 is 0 Å². The molecule has 21 heavy (non-hydrogen) atoms. The van der Waals surface area contributed by atoms with E-state index in [9.17, 15) is 0 Å². The summed E-state index contributed by atoms with van der Waals surface area (Å²) >= 11 is 0. The van der Waals surface area contributed by atoms with Gasteiger partial charge in [0.05, 0.1) is 5.52 Å². The minimum Gasteiger partial charge on any atom is -0.313 e. The molecular weight excluding hydrogens is 256 g/mol. The molecule has 1 saturated carbocycles. The number of nitrogens with zero attached hydrogens (tertiary/aromatic N) is 1. The monoisotopic (exact) mass is 282 g/mol. The van der Waals surface area contributed by atoms with Crippen LogP contribution >= 0.6 is 0 Å². The maximum Gasteiger partial charge on any atom is 0.0749 e. The number of rotatable bonds is 3.